The van der Waals surface area contributed by atoms with Crippen LogP contribution in [0.5, 0.6) is 0 Å². The van der Waals surface area contributed by atoms with Crippen LogP contribution in [0.4, 0.5) is 0 Å². The van der Waals surface area contributed by atoms with Crippen LogP contribution in [0.1, 0.15) is 18.9 Å². The van der Waals surface area contributed by atoms with Gasteiger partial charge in [0, 0.05) is 29.4 Å². The van der Waals surface area contributed by atoms with E-state index >= 15 is 0 Å². The molecular formula is C13H21NO2S. The van der Waals surface area contributed by atoms with Crippen LogP contribution in [0.15, 0.2) is 30.3 Å². The maximum Gasteiger partial charge on any atom is 0.0992 e. The Morgan fingerprint density at radius 3 is 2.59 bits per heavy atom. The summed E-state index contributed by atoms with van der Waals surface area (Å²) < 4.78 is 10.9. The minimum absolute atomic E-state index is 0.507. The van der Waals surface area contributed by atoms with Crippen molar-refractivity contribution in [1.29, 1.82) is 0 Å². The SMILES string of the molecule is CS(=O)CCCNCC(C)(O)c1ccccc1. The molecule has 0 aliphatic carbocycles. The van der Waals surface area contributed by atoms with Crippen molar-refractivity contribution in [3.63, 3.8) is 0 Å². The first-order chi connectivity index (χ1) is 8.02. The van der Waals surface area contributed by atoms with Crippen molar-refractivity contribution in [2.75, 3.05) is 25.1 Å². The Hall–Kier alpha value is -0.710. The van der Waals surface area contributed by atoms with Gasteiger partial charge in [-0.2, -0.15) is 0 Å². The van der Waals surface area contributed by atoms with Gasteiger partial charge in [0.15, 0.2) is 0 Å². The van der Waals surface area contributed by atoms with Crippen LogP contribution in [0.2, 0.25) is 0 Å². The summed E-state index contributed by atoms with van der Waals surface area (Å²) in [6.45, 7) is 3.09. The van der Waals surface area contributed by atoms with Gasteiger partial charge in [-0.05, 0) is 25.5 Å². The first-order valence-corrected chi connectivity index (χ1v) is 7.54. The molecule has 1 aromatic rings. The average molecular weight is 255 g/mol. The van der Waals surface area contributed by atoms with Crippen LogP contribution in [-0.4, -0.2) is 34.4 Å². The van der Waals surface area contributed by atoms with E-state index in [0.717, 1.165) is 18.5 Å². The van der Waals surface area contributed by atoms with Gasteiger partial charge in [0.2, 0.25) is 0 Å². The first kappa shape index (κ1) is 14.4. The molecule has 17 heavy (non-hydrogen) atoms. The van der Waals surface area contributed by atoms with Crippen LogP contribution in [0.3, 0.4) is 0 Å². The molecule has 4 heteroatoms. The number of hydrogen-bond acceptors (Lipinski definition) is 3. The zero-order chi connectivity index (χ0) is 12.7. The fraction of sp³-hybridized carbons (Fsp3) is 0.538. The number of aliphatic hydroxyl groups is 1. The highest BCUT2D eigenvalue weighted by Crippen LogP contribution is 2.18. The van der Waals surface area contributed by atoms with Gasteiger partial charge in [0.25, 0.3) is 0 Å². The van der Waals surface area contributed by atoms with Gasteiger partial charge in [-0.3, -0.25) is 4.21 Å². The maximum atomic E-state index is 10.9. The van der Waals surface area contributed by atoms with Crippen molar-refractivity contribution in [3.05, 3.63) is 35.9 Å². The molecular weight excluding hydrogens is 234 g/mol. The van der Waals surface area contributed by atoms with Crippen LogP contribution in [-0.2, 0) is 16.4 Å². The monoisotopic (exact) mass is 255 g/mol. The molecule has 0 bridgehead atoms. The third-order valence-electron chi connectivity index (χ3n) is 2.65. The average Bonchev–Trinajstić information content (AvgIpc) is 2.29. The third-order valence-corrected chi connectivity index (χ3v) is 3.51. The minimum Gasteiger partial charge on any atom is -0.384 e. The van der Waals surface area contributed by atoms with E-state index in [0.29, 0.717) is 12.3 Å². The number of hydrogen-bond donors (Lipinski definition) is 2. The summed E-state index contributed by atoms with van der Waals surface area (Å²) in [5, 5.41) is 13.5. The molecule has 0 fully saturated rings. The van der Waals surface area contributed by atoms with Crippen molar-refractivity contribution >= 4 is 10.8 Å². The first-order valence-electron chi connectivity index (χ1n) is 5.81. The van der Waals surface area contributed by atoms with Gasteiger partial charge >= 0.3 is 0 Å². The van der Waals surface area contributed by atoms with Gasteiger partial charge in [-0.15, -0.1) is 0 Å². The van der Waals surface area contributed by atoms with E-state index in [1.54, 1.807) is 13.2 Å². The molecule has 0 spiro atoms. The largest absolute Gasteiger partial charge is 0.384 e. The lowest BCUT2D eigenvalue weighted by atomic mass is 9.96. The van der Waals surface area contributed by atoms with Crippen LogP contribution in [0.25, 0.3) is 0 Å². The van der Waals surface area contributed by atoms with E-state index < -0.39 is 16.4 Å². The smallest absolute Gasteiger partial charge is 0.0992 e. The van der Waals surface area contributed by atoms with Gasteiger partial charge < -0.3 is 10.4 Å². The van der Waals surface area contributed by atoms with Crippen molar-refractivity contribution < 1.29 is 9.32 Å². The normalized spacial score (nSPS) is 16.4. The van der Waals surface area contributed by atoms with Crippen molar-refractivity contribution in [2.24, 2.45) is 0 Å². The molecule has 96 valence electrons. The minimum atomic E-state index is -0.855. The van der Waals surface area contributed by atoms with Crippen LogP contribution >= 0.6 is 0 Å². The lowest BCUT2D eigenvalue weighted by molar-refractivity contribution is 0.0572. The standard InChI is InChI=1S/C13H21NO2S/c1-13(15,12-7-4-3-5-8-12)11-14-9-6-10-17(2)16/h3-5,7-8,14-15H,6,9-11H2,1-2H3. The van der Waals surface area contributed by atoms with E-state index in [-0.39, 0.29) is 0 Å². The van der Waals surface area contributed by atoms with E-state index in [1.807, 2.05) is 30.3 Å². The lowest BCUT2D eigenvalue weighted by Gasteiger charge is -2.24. The molecule has 1 aromatic carbocycles. The Labute approximate surface area is 106 Å². The molecule has 1 rings (SSSR count). The zero-order valence-corrected chi connectivity index (χ0v) is 11.3. The Morgan fingerprint density at radius 1 is 1.35 bits per heavy atom. The molecule has 0 saturated carbocycles. The molecule has 3 nitrogen and oxygen atoms in total. The molecule has 2 atom stereocenters. The van der Waals surface area contributed by atoms with Crippen molar-refractivity contribution in [1.82, 2.24) is 5.32 Å². The molecule has 0 aliphatic heterocycles. The van der Waals surface area contributed by atoms with Crippen LogP contribution in [0, 0.1) is 0 Å². The predicted octanol–water partition coefficient (Wildman–Crippen LogP) is 1.25. The van der Waals surface area contributed by atoms with Gasteiger partial charge in [0.05, 0.1) is 5.60 Å². The Morgan fingerprint density at radius 2 is 2.00 bits per heavy atom. The fourth-order valence-electron chi connectivity index (χ4n) is 1.63. The summed E-state index contributed by atoms with van der Waals surface area (Å²) >= 11 is 0. The summed E-state index contributed by atoms with van der Waals surface area (Å²) in [5.41, 5.74) is 0.0543. The highest BCUT2D eigenvalue weighted by molar-refractivity contribution is 7.84. The van der Waals surface area contributed by atoms with Gasteiger partial charge in [-0.1, -0.05) is 30.3 Å². The summed E-state index contributed by atoms with van der Waals surface area (Å²) in [6, 6.07) is 9.61. The van der Waals surface area contributed by atoms with Gasteiger partial charge in [-0.25, -0.2) is 0 Å². The maximum absolute atomic E-state index is 10.9. The second kappa shape index (κ2) is 6.89. The highest BCUT2D eigenvalue weighted by atomic mass is 32.2. The van der Waals surface area contributed by atoms with Gasteiger partial charge in [0.1, 0.15) is 0 Å². The summed E-state index contributed by atoms with van der Waals surface area (Å²) in [4.78, 5) is 0. The van der Waals surface area contributed by atoms with E-state index in [1.165, 1.54) is 0 Å². The van der Waals surface area contributed by atoms with Crippen molar-refractivity contribution in [3.8, 4) is 0 Å². The highest BCUT2D eigenvalue weighted by Gasteiger charge is 2.21. The lowest BCUT2D eigenvalue weighted by Crippen LogP contribution is -2.36. The fourth-order valence-corrected chi connectivity index (χ4v) is 2.18. The van der Waals surface area contributed by atoms with Crippen molar-refractivity contribution in [2.45, 2.75) is 18.9 Å². The van der Waals surface area contributed by atoms with E-state index in [9.17, 15) is 9.32 Å². The molecule has 0 aliphatic rings. The number of nitrogens with one attached hydrogen (secondary N) is 1. The van der Waals surface area contributed by atoms with E-state index in [4.69, 9.17) is 0 Å². The predicted molar refractivity (Wildman–Crippen MR) is 72.4 cm³/mol. The molecule has 0 heterocycles. The molecule has 0 saturated heterocycles. The molecule has 2 N–H and O–H groups in total. The Balaban J connectivity index is 2.33. The summed E-state index contributed by atoms with van der Waals surface area (Å²) in [5.74, 6) is 0.709. The van der Waals surface area contributed by atoms with Crippen LogP contribution < -0.4 is 5.32 Å². The number of benzene rings is 1. The number of rotatable bonds is 7. The third kappa shape index (κ3) is 5.44. The molecule has 0 amide bonds. The molecule has 0 aromatic heterocycles. The second-order valence-corrected chi connectivity index (χ2v) is 6.00. The summed E-state index contributed by atoms with van der Waals surface area (Å²) in [7, 11) is -0.729. The Bertz CT molecular complexity index is 352. The molecule has 2 unspecified atom stereocenters. The topological polar surface area (TPSA) is 49.3 Å². The second-order valence-electron chi connectivity index (χ2n) is 4.45. The van der Waals surface area contributed by atoms with E-state index in [2.05, 4.69) is 5.32 Å². The summed E-state index contributed by atoms with van der Waals surface area (Å²) in [6.07, 6.45) is 2.58. The quantitative estimate of drug-likeness (QED) is 0.721. The zero-order valence-electron chi connectivity index (χ0n) is 10.5. The molecule has 0 radical (unpaired) electrons. The Kier molecular flexibility index (Phi) is 5.82.